The molecular weight excluding hydrogens is 442 g/mol. The van der Waals surface area contributed by atoms with Gasteiger partial charge in [0.1, 0.15) is 5.75 Å². The Morgan fingerprint density at radius 3 is 2.61 bits per heavy atom. The van der Waals surface area contributed by atoms with Gasteiger partial charge in [0, 0.05) is 41.3 Å². The largest absolute Gasteiger partial charge is 0.494 e. The van der Waals surface area contributed by atoms with Gasteiger partial charge in [0.25, 0.3) is 0 Å². The predicted octanol–water partition coefficient (Wildman–Crippen LogP) is 5.60. The zero-order valence-electron chi connectivity index (χ0n) is 18.9. The molecule has 0 fully saturated rings. The summed E-state index contributed by atoms with van der Waals surface area (Å²) in [6, 6.07) is 12.0. The van der Waals surface area contributed by atoms with Crippen molar-refractivity contribution in [3.8, 4) is 5.75 Å². The Hall–Kier alpha value is -3.12. The number of carboxylic acid groups (broad SMARTS) is 1. The molecule has 0 saturated heterocycles. The molecular formula is C26H26ClNO5. The van der Waals surface area contributed by atoms with Crippen molar-refractivity contribution in [3.63, 3.8) is 0 Å². The lowest BCUT2D eigenvalue weighted by molar-refractivity contribution is -0.121. The molecule has 1 amide bonds. The standard InChI is InChI=1S/C26H26ClNO5/c1-4-33-22-8-6-5-7-16(22)17-12-23(30)28(15-9-10-19(27)18(11-15)25(31)32)20-13-26(2,3)14-21(29)24(17)20/h5-11,17H,4,12-14H2,1-3H3,(H,31,32). The molecule has 0 aromatic heterocycles. The molecule has 6 nitrogen and oxygen atoms in total. The van der Waals surface area contributed by atoms with Crippen LogP contribution in [0.15, 0.2) is 53.7 Å². The number of amides is 1. The van der Waals surface area contributed by atoms with E-state index in [1.54, 1.807) is 6.07 Å². The minimum Gasteiger partial charge on any atom is -0.494 e. The van der Waals surface area contributed by atoms with E-state index >= 15 is 0 Å². The molecule has 0 radical (unpaired) electrons. The predicted molar refractivity (Wildman–Crippen MR) is 126 cm³/mol. The quantitative estimate of drug-likeness (QED) is 0.618. The van der Waals surface area contributed by atoms with E-state index in [1.165, 1.54) is 17.0 Å². The third-order valence-corrected chi connectivity index (χ3v) is 6.51. The minimum absolute atomic E-state index is 0.00229. The van der Waals surface area contributed by atoms with E-state index in [1.807, 2.05) is 45.0 Å². The molecule has 4 rings (SSSR count). The van der Waals surface area contributed by atoms with Crippen LogP contribution in [-0.4, -0.2) is 29.4 Å². The fraction of sp³-hybridized carbons (Fsp3) is 0.346. The van der Waals surface area contributed by atoms with Gasteiger partial charge in [-0.2, -0.15) is 0 Å². The van der Waals surface area contributed by atoms with Crippen LogP contribution in [0.2, 0.25) is 5.02 Å². The van der Waals surface area contributed by atoms with Crippen molar-refractivity contribution in [1.29, 1.82) is 0 Å². The summed E-state index contributed by atoms with van der Waals surface area (Å²) >= 11 is 6.06. The van der Waals surface area contributed by atoms with Crippen LogP contribution in [0.1, 0.15) is 61.9 Å². The second-order valence-electron chi connectivity index (χ2n) is 9.23. The summed E-state index contributed by atoms with van der Waals surface area (Å²) in [7, 11) is 0. The maximum absolute atomic E-state index is 13.5. The molecule has 7 heteroatoms. The number of ether oxygens (including phenoxy) is 1. The average molecular weight is 468 g/mol. The van der Waals surface area contributed by atoms with Crippen molar-refractivity contribution in [2.75, 3.05) is 11.5 Å². The number of nitrogens with zero attached hydrogens (tertiary/aromatic N) is 1. The lowest BCUT2D eigenvalue weighted by Gasteiger charge is -2.43. The van der Waals surface area contributed by atoms with E-state index in [2.05, 4.69) is 0 Å². The summed E-state index contributed by atoms with van der Waals surface area (Å²) < 4.78 is 5.81. The first-order valence-electron chi connectivity index (χ1n) is 11.0. The van der Waals surface area contributed by atoms with E-state index in [9.17, 15) is 19.5 Å². The molecule has 0 bridgehead atoms. The number of hydrogen-bond acceptors (Lipinski definition) is 4. The molecule has 2 aromatic carbocycles. The summed E-state index contributed by atoms with van der Waals surface area (Å²) in [5, 5.41) is 9.61. The fourth-order valence-electron chi connectivity index (χ4n) is 4.85. The number of carbonyl (C=O) groups is 3. The maximum Gasteiger partial charge on any atom is 0.337 e. The average Bonchev–Trinajstić information content (AvgIpc) is 2.73. The van der Waals surface area contributed by atoms with Gasteiger partial charge in [-0.25, -0.2) is 4.79 Å². The highest BCUT2D eigenvalue weighted by atomic mass is 35.5. The van der Waals surface area contributed by atoms with Crippen LogP contribution in [-0.2, 0) is 9.59 Å². The normalized spacial score (nSPS) is 20.0. The van der Waals surface area contributed by atoms with Crippen LogP contribution >= 0.6 is 11.6 Å². The highest BCUT2D eigenvalue weighted by molar-refractivity contribution is 6.33. The van der Waals surface area contributed by atoms with Crippen LogP contribution in [0.5, 0.6) is 5.75 Å². The maximum atomic E-state index is 13.5. The molecule has 0 saturated carbocycles. The van der Waals surface area contributed by atoms with Crippen LogP contribution < -0.4 is 9.64 Å². The molecule has 33 heavy (non-hydrogen) atoms. The molecule has 1 heterocycles. The number of carbonyl (C=O) groups excluding carboxylic acids is 2. The van der Waals surface area contributed by atoms with Crippen LogP contribution in [0.3, 0.4) is 0 Å². The second-order valence-corrected chi connectivity index (χ2v) is 9.63. The van der Waals surface area contributed by atoms with Gasteiger partial charge in [-0.15, -0.1) is 0 Å². The Kier molecular flexibility index (Phi) is 6.06. The molecule has 1 atom stereocenters. The summed E-state index contributed by atoms with van der Waals surface area (Å²) in [6.07, 6.45) is 0.973. The van der Waals surface area contributed by atoms with Crippen molar-refractivity contribution >= 4 is 34.9 Å². The lowest BCUT2D eigenvalue weighted by atomic mass is 9.69. The van der Waals surface area contributed by atoms with Gasteiger partial charge < -0.3 is 9.84 Å². The zero-order chi connectivity index (χ0) is 23.9. The van der Waals surface area contributed by atoms with Gasteiger partial charge in [0.15, 0.2) is 5.78 Å². The Balaban J connectivity index is 1.92. The van der Waals surface area contributed by atoms with Gasteiger partial charge in [0.05, 0.1) is 17.2 Å². The Bertz CT molecular complexity index is 1180. The number of rotatable bonds is 5. The molecule has 1 unspecified atom stereocenters. The number of para-hydroxylation sites is 1. The van der Waals surface area contributed by atoms with E-state index in [-0.39, 0.29) is 34.1 Å². The number of Topliss-reactive ketones (excluding diaryl/α,β-unsaturated/α-hetero) is 1. The molecule has 172 valence electrons. The van der Waals surface area contributed by atoms with Gasteiger partial charge in [-0.1, -0.05) is 43.6 Å². The van der Waals surface area contributed by atoms with E-state index in [0.29, 0.717) is 42.2 Å². The highest BCUT2D eigenvalue weighted by Crippen LogP contribution is 2.49. The third-order valence-electron chi connectivity index (χ3n) is 6.18. The van der Waals surface area contributed by atoms with Gasteiger partial charge >= 0.3 is 5.97 Å². The first-order chi connectivity index (χ1) is 15.6. The number of carboxylic acids is 1. The Labute approximate surface area is 197 Å². The third kappa shape index (κ3) is 4.27. The smallest absolute Gasteiger partial charge is 0.337 e. The molecule has 1 aliphatic carbocycles. The first kappa shape index (κ1) is 23.1. The van der Waals surface area contributed by atoms with Crippen molar-refractivity contribution in [2.45, 2.75) is 46.0 Å². The van der Waals surface area contributed by atoms with E-state index in [4.69, 9.17) is 16.3 Å². The summed E-state index contributed by atoms with van der Waals surface area (Å²) in [4.78, 5) is 40.2. The minimum atomic E-state index is -1.18. The van der Waals surface area contributed by atoms with E-state index < -0.39 is 11.9 Å². The number of anilines is 1. The van der Waals surface area contributed by atoms with Crippen molar-refractivity contribution in [1.82, 2.24) is 0 Å². The second kappa shape index (κ2) is 8.67. The molecule has 1 aliphatic heterocycles. The van der Waals surface area contributed by atoms with Crippen LogP contribution in [0, 0.1) is 5.41 Å². The highest BCUT2D eigenvalue weighted by Gasteiger charge is 2.45. The zero-order valence-corrected chi connectivity index (χ0v) is 19.6. The first-order valence-corrected chi connectivity index (χ1v) is 11.3. The molecule has 2 aromatic rings. The molecule has 1 N–H and O–H groups in total. The number of aromatic carboxylic acids is 1. The van der Waals surface area contributed by atoms with Gasteiger partial charge in [-0.3, -0.25) is 14.5 Å². The Morgan fingerprint density at radius 2 is 1.91 bits per heavy atom. The SMILES string of the molecule is CCOc1ccccc1C1CC(=O)N(c2ccc(Cl)c(C(=O)O)c2)C2=C1C(=O)CC(C)(C)C2. The summed E-state index contributed by atoms with van der Waals surface area (Å²) in [5.74, 6) is -1.13. The van der Waals surface area contributed by atoms with Gasteiger partial charge in [-0.05, 0) is 43.0 Å². The van der Waals surface area contributed by atoms with E-state index in [0.717, 1.165) is 5.56 Å². The summed E-state index contributed by atoms with van der Waals surface area (Å²) in [5.41, 5.74) is 2.02. The number of halogens is 1. The topological polar surface area (TPSA) is 83.9 Å². The molecule has 2 aliphatic rings. The molecule has 0 spiro atoms. The number of hydrogen-bond donors (Lipinski definition) is 1. The van der Waals surface area contributed by atoms with Crippen molar-refractivity contribution in [2.24, 2.45) is 5.41 Å². The summed E-state index contributed by atoms with van der Waals surface area (Å²) in [6.45, 7) is 6.36. The lowest BCUT2D eigenvalue weighted by Crippen LogP contribution is -2.43. The monoisotopic (exact) mass is 467 g/mol. The number of benzene rings is 2. The fourth-order valence-corrected chi connectivity index (χ4v) is 5.05. The number of ketones is 1. The van der Waals surface area contributed by atoms with Crippen LogP contribution in [0.25, 0.3) is 0 Å². The van der Waals surface area contributed by atoms with Gasteiger partial charge in [0.2, 0.25) is 5.91 Å². The van der Waals surface area contributed by atoms with Crippen LogP contribution in [0.4, 0.5) is 5.69 Å². The van der Waals surface area contributed by atoms with Crippen molar-refractivity contribution in [3.05, 3.63) is 69.9 Å². The number of allylic oxidation sites excluding steroid dienone is 2. The Morgan fingerprint density at radius 1 is 1.18 bits per heavy atom. The van der Waals surface area contributed by atoms with Crippen molar-refractivity contribution < 1.29 is 24.2 Å².